The Morgan fingerprint density at radius 2 is 2.07 bits per heavy atom. The molecule has 0 spiro atoms. The van der Waals surface area contributed by atoms with Crippen molar-refractivity contribution in [2.24, 2.45) is 5.92 Å². The Hall–Kier alpha value is -3.04. The first-order chi connectivity index (χ1) is 12.8. The molecule has 1 fully saturated rings. The van der Waals surface area contributed by atoms with Crippen LogP contribution >= 0.6 is 0 Å². The van der Waals surface area contributed by atoms with Gasteiger partial charge in [-0.25, -0.2) is 4.98 Å². The van der Waals surface area contributed by atoms with Gasteiger partial charge in [0.2, 0.25) is 11.8 Å². The standard InChI is InChI=1S/C17H17F3N4O3/c18-17(19,20)27-14-3-1-13(2-4-14)24-9-11(7-15(24)25)16(26)22-6-5-12-8-21-10-23-12/h1-4,8,10-11H,5-7,9H2,(H,21,23)(H,22,26)/t11-/m1/s1. The van der Waals surface area contributed by atoms with Crippen molar-refractivity contribution in [3.05, 3.63) is 42.5 Å². The molecule has 144 valence electrons. The van der Waals surface area contributed by atoms with Crippen molar-refractivity contribution in [1.82, 2.24) is 15.3 Å². The summed E-state index contributed by atoms with van der Waals surface area (Å²) >= 11 is 0. The fraction of sp³-hybridized carbons (Fsp3) is 0.353. The van der Waals surface area contributed by atoms with Crippen LogP contribution in [0.4, 0.5) is 18.9 Å². The van der Waals surface area contributed by atoms with Gasteiger partial charge in [0.1, 0.15) is 5.75 Å². The van der Waals surface area contributed by atoms with E-state index in [0.29, 0.717) is 18.7 Å². The van der Waals surface area contributed by atoms with E-state index < -0.39 is 12.3 Å². The molecule has 27 heavy (non-hydrogen) atoms. The number of nitrogens with one attached hydrogen (secondary N) is 2. The summed E-state index contributed by atoms with van der Waals surface area (Å²) in [6.07, 6.45) is -0.910. The van der Waals surface area contributed by atoms with Gasteiger partial charge in [0, 0.05) is 43.5 Å². The molecule has 3 rings (SSSR count). The highest BCUT2D eigenvalue weighted by Crippen LogP contribution is 2.29. The van der Waals surface area contributed by atoms with Crippen LogP contribution in [0.1, 0.15) is 12.1 Å². The van der Waals surface area contributed by atoms with Gasteiger partial charge in [0.25, 0.3) is 0 Å². The van der Waals surface area contributed by atoms with Crippen LogP contribution in [0.3, 0.4) is 0 Å². The van der Waals surface area contributed by atoms with Gasteiger partial charge in [-0.3, -0.25) is 9.59 Å². The van der Waals surface area contributed by atoms with Crippen LogP contribution in [-0.4, -0.2) is 41.2 Å². The number of nitrogens with zero attached hydrogens (tertiary/aromatic N) is 2. The SMILES string of the molecule is O=C(NCCc1cnc[nH]1)[C@@H]1CC(=O)N(c2ccc(OC(F)(F)F)cc2)C1. The first kappa shape index (κ1) is 18.7. The third-order valence-electron chi connectivity index (χ3n) is 4.13. The lowest BCUT2D eigenvalue weighted by Crippen LogP contribution is -2.34. The van der Waals surface area contributed by atoms with E-state index in [2.05, 4.69) is 20.0 Å². The first-order valence-electron chi connectivity index (χ1n) is 8.23. The highest BCUT2D eigenvalue weighted by atomic mass is 19.4. The molecule has 0 aliphatic carbocycles. The van der Waals surface area contributed by atoms with Gasteiger partial charge in [-0.1, -0.05) is 0 Å². The molecule has 1 aliphatic heterocycles. The topological polar surface area (TPSA) is 87.3 Å². The number of ether oxygens (including phenoxy) is 1. The molecule has 2 aromatic rings. The van der Waals surface area contributed by atoms with Crippen molar-refractivity contribution < 1.29 is 27.5 Å². The zero-order valence-electron chi connectivity index (χ0n) is 14.1. The summed E-state index contributed by atoms with van der Waals surface area (Å²) in [4.78, 5) is 32.6. The van der Waals surface area contributed by atoms with Crippen molar-refractivity contribution in [2.75, 3.05) is 18.0 Å². The third-order valence-corrected chi connectivity index (χ3v) is 4.13. The van der Waals surface area contributed by atoms with Crippen molar-refractivity contribution >= 4 is 17.5 Å². The quantitative estimate of drug-likeness (QED) is 0.800. The zero-order valence-corrected chi connectivity index (χ0v) is 14.1. The van der Waals surface area contributed by atoms with Gasteiger partial charge >= 0.3 is 6.36 Å². The minimum absolute atomic E-state index is 0.0523. The molecule has 2 amide bonds. The lowest BCUT2D eigenvalue weighted by molar-refractivity contribution is -0.274. The van der Waals surface area contributed by atoms with Crippen LogP contribution in [-0.2, 0) is 16.0 Å². The molecule has 1 saturated heterocycles. The maximum Gasteiger partial charge on any atom is 0.573 e. The van der Waals surface area contributed by atoms with Crippen molar-refractivity contribution in [3.8, 4) is 5.75 Å². The Morgan fingerprint density at radius 1 is 1.33 bits per heavy atom. The van der Waals surface area contributed by atoms with Crippen LogP contribution < -0.4 is 15.0 Å². The van der Waals surface area contributed by atoms with E-state index in [4.69, 9.17) is 0 Å². The Balaban J connectivity index is 1.54. The van der Waals surface area contributed by atoms with Crippen molar-refractivity contribution in [2.45, 2.75) is 19.2 Å². The second kappa shape index (κ2) is 7.68. The molecule has 0 bridgehead atoms. The second-order valence-corrected chi connectivity index (χ2v) is 6.06. The number of amides is 2. The number of imidazole rings is 1. The summed E-state index contributed by atoms with van der Waals surface area (Å²) < 4.78 is 40.4. The average molecular weight is 382 g/mol. The number of H-pyrrole nitrogens is 1. The molecule has 1 aromatic heterocycles. The van der Waals surface area contributed by atoms with Gasteiger partial charge in [-0.05, 0) is 24.3 Å². The highest BCUT2D eigenvalue weighted by molar-refractivity contribution is 6.00. The van der Waals surface area contributed by atoms with Gasteiger partial charge in [0.05, 0.1) is 12.2 Å². The number of halogens is 3. The molecule has 7 nitrogen and oxygen atoms in total. The number of aromatic amines is 1. The Bertz CT molecular complexity index is 791. The molecule has 2 N–H and O–H groups in total. The van der Waals surface area contributed by atoms with Crippen LogP contribution in [0.15, 0.2) is 36.8 Å². The average Bonchev–Trinajstić information content (AvgIpc) is 3.24. The predicted octanol–water partition coefficient (Wildman–Crippen LogP) is 2.02. The molecule has 0 radical (unpaired) electrons. The summed E-state index contributed by atoms with van der Waals surface area (Å²) in [5.74, 6) is -1.37. The lowest BCUT2D eigenvalue weighted by Gasteiger charge is -2.17. The van der Waals surface area contributed by atoms with E-state index >= 15 is 0 Å². The summed E-state index contributed by atoms with van der Waals surface area (Å²) in [6.45, 7) is 0.587. The molecule has 1 aromatic carbocycles. The van der Waals surface area contributed by atoms with E-state index in [1.54, 1.807) is 12.5 Å². The Kier molecular flexibility index (Phi) is 5.33. The van der Waals surface area contributed by atoms with Crippen LogP contribution in [0.25, 0.3) is 0 Å². The summed E-state index contributed by atoms with van der Waals surface area (Å²) in [5.41, 5.74) is 1.31. The third kappa shape index (κ3) is 4.99. The predicted molar refractivity (Wildman–Crippen MR) is 88.9 cm³/mol. The Labute approximate surface area is 152 Å². The maximum absolute atomic E-state index is 12.2. The van der Waals surface area contributed by atoms with E-state index in [1.807, 2.05) is 0 Å². The van der Waals surface area contributed by atoms with E-state index in [0.717, 1.165) is 17.8 Å². The number of rotatable bonds is 6. The van der Waals surface area contributed by atoms with Crippen LogP contribution in [0.2, 0.25) is 0 Å². The number of carbonyl (C=O) groups excluding carboxylic acids is 2. The van der Waals surface area contributed by atoms with E-state index in [9.17, 15) is 22.8 Å². The molecule has 2 heterocycles. The number of anilines is 1. The summed E-state index contributed by atoms with van der Waals surface area (Å²) in [5, 5.41) is 2.78. The van der Waals surface area contributed by atoms with Gasteiger partial charge in [0.15, 0.2) is 0 Å². The summed E-state index contributed by atoms with van der Waals surface area (Å²) in [7, 11) is 0. The van der Waals surface area contributed by atoms with Crippen LogP contribution in [0, 0.1) is 5.92 Å². The molecule has 0 unspecified atom stereocenters. The van der Waals surface area contributed by atoms with Crippen molar-refractivity contribution in [3.63, 3.8) is 0 Å². The largest absolute Gasteiger partial charge is 0.573 e. The number of benzene rings is 1. The van der Waals surface area contributed by atoms with E-state index in [-0.39, 0.29) is 30.5 Å². The maximum atomic E-state index is 12.2. The van der Waals surface area contributed by atoms with E-state index in [1.165, 1.54) is 17.0 Å². The first-order valence-corrected chi connectivity index (χ1v) is 8.23. The fourth-order valence-electron chi connectivity index (χ4n) is 2.85. The summed E-state index contributed by atoms with van der Waals surface area (Å²) in [6, 6.07) is 4.98. The smallest absolute Gasteiger partial charge is 0.406 e. The minimum Gasteiger partial charge on any atom is -0.406 e. The second-order valence-electron chi connectivity index (χ2n) is 6.06. The van der Waals surface area contributed by atoms with Crippen LogP contribution in [0.5, 0.6) is 5.75 Å². The number of hydrogen-bond acceptors (Lipinski definition) is 4. The number of aromatic nitrogens is 2. The molecule has 0 saturated carbocycles. The molecule has 1 atom stereocenters. The molecular formula is C17H17F3N4O3. The fourth-order valence-corrected chi connectivity index (χ4v) is 2.85. The van der Waals surface area contributed by atoms with Gasteiger partial charge < -0.3 is 19.9 Å². The molecule has 10 heteroatoms. The minimum atomic E-state index is -4.77. The number of carbonyl (C=O) groups is 2. The zero-order chi connectivity index (χ0) is 19.4. The van der Waals surface area contributed by atoms with Gasteiger partial charge in [-0.15, -0.1) is 13.2 Å². The van der Waals surface area contributed by atoms with Gasteiger partial charge in [-0.2, -0.15) is 0 Å². The molecular weight excluding hydrogens is 365 g/mol. The van der Waals surface area contributed by atoms with Crippen molar-refractivity contribution in [1.29, 1.82) is 0 Å². The number of hydrogen-bond donors (Lipinski definition) is 2. The normalized spacial score (nSPS) is 17.2. The monoisotopic (exact) mass is 382 g/mol. The Morgan fingerprint density at radius 3 is 2.70 bits per heavy atom. The molecule has 1 aliphatic rings. The number of alkyl halides is 3. The highest BCUT2D eigenvalue weighted by Gasteiger charge is 2.35. The lowest BCUT2D eigenvalue weighted by atomic mass is 10.1.